The Hall–Kier alpha value is -0.197. The Balaban J connectivity index is 9.11. The first kappa shape index (κ1) is 16.8. The Morgan fingerprint density at radius 3 is 0.588 bits per heavy atom. The molecule has 0 aromatic carbocycles. The van der Waals surface area contributed by atoms with Gasteiger partial charge in [-0.05, 0) is 0 Å². The normalized spacial score (nSPS) is 27.8. The van der Waals surface area contributed by atoms with Crippen LogP contribution in [0.25, 0.3) is 0 Å². The molecule has 0 aromatic rings. The van der Waals surface area contributed by atoms with E-state index in [1.807, 2.05) is 0 Å². The number of hydrogen-bond donors (Lipinski definition) is 0. The zero-order chi connectivity index (χ0) is 14.6. The Bertz CT molecular complexity index is 541. The van der Waals surface area contributed by atoms with Gasteiger partial charge in [0.2, 0.25) is 0 Å². The molecule has 0 fully saturated rings. The summed E-state index contributed by atoms with van der Waals surface area (Å²) in [6.07, 6.45) is 0. The average Bonchev–Trinajstić information content (AvgIpc) is 2.35. The summed E-state index contributed by atoms with van der Waals surface area (Å²) in [5, 5.41) is 0. The second-order valence-corrected chi connectivity index (χ2v) is 62.4. The van der Waals surface area contributed by atoms with Gasteiger partial charge in [-0.25, -0.2) is 0 Å². The van der Waals surface area contributed by atoms with Crippen molar-refractivity contribution >= 4 is 68.0 Å². The van der Waals surface area contributed by atoms with E-state index in [0.29, 0.717) is 0 Å². The van der Waals surface area contributed by atoms with Gasteiger partial charge in [-0.3, -0.25) is 0 Å². The Kier molecular flexibility index (Phi) is 1.33. The van der Waals surface area contributed by atoms with Crippen LogP contribution in [0, 0.1) is 0 Å². The van der Waals surface area contributed by atoms with Crippen molar-refractivity contribution in [3.8, 4) is 0 Å². The first-order chi connectivity index (χ1) is 6.85. The van der Waals surface area contributed by atoms with Crippen molar-refractivity contribution in [2.45, 2.75) is 0 Å². The zero-order valence-electron chi connectivity index (χ0n) is 7.78. The summed E-state index contributed by atoms with van der Waals surface area (Å²) in [4.78, 5) is 59.9. The van der Waals surface area contributed by atoms with E-state index in [-0.39, 0.29) is 0 Å². The summed E-state index contributed by atoms with van der Waals surface area (Å²) < 4.78 is -10.8. The van der Waals surface area contributed by atoms with Crippen LogP contribution in [0.1, 0.15) is 0 Å². The van der Waals surface area contributed by atoms with Crippen molar-refractivity contribution in [3.63, 3.8) is 0 Å². The summed E-state index contributed by atoms with van der Waals surface area (Å²) >= 11 is 0. The van der Waals surface area contributed by atoms with E-state index >= 15 is 0 Å². The van der Waals surface area contributed by atoms with Gasteiger partial charge in [-0.1, -0.05) is 0 Å². The predicted molar refractivity (Wildman–Crippen MR) is 63.9 cm³/mol. The molecular formula is C6H6Cl4O6Ru. The number of hydrogen-bond acceptors (Lipinski definition) is 6. The first-order valence-corrected chi connectivity index (χ1v) is 18.1. The van der Waals surface area contributed by atoms with Gasteiger partial charge >= 0.3 is 101 Å². The summed E-state index contributed by atoms with van der Waals surface area (Å²) in [6, 6.07) is 0. The Morgan fingerprint density at radius 2 is 0.588 bits per heavy atom. The number of carbonyl (C=O) groups is 6. The molecule has 0 radical (unpaired) electrons. The van der Waals surface area contributed by atoms with Gasteiger partial charge in [0.25, 0.3) is 0 Å². The van der Waals surface area contributed by atoms with E-state index < -0.39 is 33.0 Å². The van der Waals surface area contributed by atoms with Gasteiger partial charge in [0.15, 0.2) is 0 Å². The Labute approximate surface area is 100 Å². The van der Waals surface area contributed by atoms with E-state index in [0.717, 1.165) is 0 Å². The molecule has 0 aliphatic rings. The van der Waals surface area contributed by atoms with Crippen LogP contribution < -0.4 is 0 Å². The molecule has 102 valence electrons. The molecule has 0 spiro atoms. The molecule has 17 heavy (non-hydrogen) atoms. The summed E-state index contributed by atoms with van der Waals surface area (Å²) in [6.45, 7) is 0. The number of halogens is 4. The van der Waals surface area contributed by atoms with Crippen molar-refractivity contribution in [2.75, 3.05) is 0 Å². The van der Waals surface area contributed by atoms with Gasteiger partial charge in [0.05, 0.1) is 0 Å². The molecule has 0 atom stereocenters. The third kappa shape index (κ3) is 1.04. The molecule has 0 aliphatic heterocycles. The predicted octanol–water partition coefficient (Wildman–Crippen LogP) is 1.11. The maximum atomic E-state index is 11.3. The van der Waals surface area contributed by atoms with Crippen LogP contribution in [0.5, 0.6) is 0 Å². The van der Waals surface area contributed by atoms with E-state index in [1.54, 1.807) is 0 Å². The number of carbonyl (C=O) groups excluding carboxylic acids is 6. The quantitative estimate of drug-likeness (QED) is 0.474. The van der Waals surface area contributed by atoms with Crippen molar-refractivity contribution in [1.29, 1.82) is 0 Å². The second-order valence-electron chi connectivity index (χ2n) is 4.42. The first-order valence-electron chi connectivity index (χ1n) is 3.17. The van der Waals surface area contributed by atoms with E-state index in [2.05, 4.69) is 0 Å². The molecule has 0 bridgehead atoms. The fraction of sp³-hybridized carbons (Fsp3) is 0. The van der Waals surface area contributed by atoms with Gasteiger partial charge in [-0.2, -0.15) is 0 Å². The topological polar surface area (TPSA) is 102 Å². The minimum absolute atomic E-state index is 1.31. The van der Waals surface area contributed by atoms with Crippen LogP contribution in [0.15, 0.2) is 0 Å². The van der Waals surface area contributed by atoms with Crippen molar-refractivity contribution in [1.82, 2.24) is 0 Å². The van der Waals surface area contributed by atoms with E-state index in [4.69, 9.17) is 38.8 Å². The average molecular weight is 417 g/mol. The fourth-order valence-electron chi connectivity index (χ4n) is 0.295. The molecule has 0 aliphatic carbocycles. The SMILES string of the molecule is O=[CH][Ru]([Cl])([Cl])([Cl])([Cl])([CH]=O)([CH]=O)([CH]=O)([CH]=O)[CH]=O. The molecular weight excluding hydrogens is 411 g/mol. The molecule has 0 unspecified atom stereocenters. The molecule has 0 saturated heterocycles. The molecule has 0 N–H and O–H groups in total. The fourth-order valence-corrected chi connectivity index (χ4v) is 1.74. The molecule has 0 saturated carbocycles. The van der Waals surface area contributed by atoms with Gasteiger partial charge in [-0.15, -0.1) is 0 Å². The van der Waals surface area contributed by atoms with Crippen molar-refractivity contribution in [2.24, 2.45) is 0 Å². The van der Waals surface area contributed by atoms with Crippen LogP contribution in [0.2, 0.25) is 0 Å². The van der Waals surface area contributed by atoms with Gasteiger partial charge in [0.1, 0.15) is 0 Å². The second kappa shape index (κ2) is 1.34. The monoisotopic (exact) mass is 416 g/mol. The zero-order valence-corrected chi connectivity index (χ0v) is 12.5. The third-order valence-corrected chi connectivity index (χ3v) is 22.0. The van der Waals surface area contributed by atoms with Gasteiger partial charge in [0, 0.05) is 0 Å². The van der Waals surface area contributed by atoms with Crippen molar-refractivity contribution < 1.29 is 32.5 Å². The maximum absolute atomic E-state index is 11.3. The summed E-state index contributed by atoms with van der Waals surface area (Å²) in [7, 11) is 21.6. The standard InChI is InChI=1S/6CHO.4ClH.Ru/c6*1-2;;;;;/h6*1H;4*1H;/q;;;;;;;;;;+4/p-4. The summed E-state index contributed by atoms with van der Waals surface area (Å²) in [5.41, 5.74) is 0. The molecule has 0 amide bonds. The Morgan fingerprint density at radius 1 is 0.471 bits per heavy atom. The van der Waals surface area contributed by atoms with Crippen LogP contribution in [0.3, 0.4) is 0 Å². The third-order valence-electron chi connectivity index (χ3n) is 2.20. The summed E-state index contributed by atoms with van der Waals surface area (Å²) in [5.74, 6) is 0. The van der Waals surface area contributed by atoms with Gasteiger partial charge < -0.3 is 0 Å². The van der Waals surface area contributed by atoms with Crippen LogP contribution in [-0.4, -0.2) is 29.3 Å². The molecule has 11 heteroatoms. The van der Waals surface area contributed by atoms with Crippen LogP contribution in [0.4, 0.5) is 0 Å². The van der Waals surface area contributed by atoms with E-state index in [9.17, 15) is 28.8 Å². The molecule has 0 aromatic heterocycles. The minimum atomic E-state index is -10.8. The van der Waals surface area contributed by atoms with Crippen LogP contribution >= 0.6 is 38.8 Å². The molecule has 0 rings (SSSR count). The van der Waals surface area contributed by atoms with E-state index in [1.165, 1.54) is 0 Å². The molecule has 6 nitrogen and oxygen atoms in total. The number of rotatable bonds is 6. The van der Waals surface area contributed by atoms with Crippen molar-refractivity contribution in [3.05, 3.63) is 0 Å². The van der Waals surface area contributed by atoms with Crippen LogP contribution in [-0.2, 0) is 32.5 Å². The molecule has 0 heterocycles.